The van der Waals surface area contributed by atoms with Gasteiger partial charge in [-0.05, 0) is 61.6 Å². The third-order valence-corrected chi connectivity index (χ3v) is 9.78. The fourth-order valence-corrected chi connectivity index (χ4v) is 6.83. The Kier molecular flexibility index (Phi) is 10.5. The first-order valence-corrected chi connectivity index (χ1v) is 16.0. The van der Waals surface area contributed by atoms with E-state index in [-0.39, 0.29) is 29.1 Å². The van der Waals surface area contributed by atoms with Crippen molar-refractivity contribution < 1.29 is 18.0 Å². The molecule has 1 aliphatic carbocycles. The number of rotatable bonds is 11. The summed E-state index contributed by atoms with van der Waals surface area (Å²) >= 11 is 6.40. The van der Waals surface area contributed by atoms with E-state index in [2.05, 4.69) is 5.32 Å². The number of halogens is 1. The highest BCUT2D eigenvalue weighted by Gasteiger charge is 2.34. The van der Waals surface area contributed by atoms with Gasteiger partial charge in [0.05, 0.1) is 10.6 Å². The molecule has 3 aromatic rings. The standard InChI is InChI=1S/C32H38ClN3O4S/c1-3-30(32(38)34-26-15-9-5-10-16-26)35(22-25-13-7-4-8-14-25)31(37)23-36(27-20-19-24(2)29(33)21-27)41(39,40)28-17-11-6-12-18-28/h4,6-8,11-14,17-21,26,30H,3,5,9-10,15-16,22-23H2,1-2H3,(H,34,38)/t30-/m0/s1. The second-order valence-corrected chi connectivity index (χ2v) is 12.8. The molecule has 0 radical (unpaired) electrons. The third-order valence-electron chi connectivity index (χ3n) is 7.59. The maximum Gasteiger partial charge on any atom is 0.264 e. The molecule has 7 nitrogen and oxygen atoms in total. The Morgan fingerprint density at radius 1 is 0.951 bits per heavy atom. The summed E-state index contributed by atoms with van der Waals surface area (Å²) in [6.07, 6.45) is 5.54. The van der Waals surface area contributed by atoms with Gasteiger partial charge in [-0.3, -0.25) is 13.9 Å². The highest BCUT2D eigenvalue weighted by molar-refractivity contribution is 7.92. The van der Waals surface area contributed by atoms with Gasteiger partial charge in [0, 0.05) is 17.6 Å². The maximum absolute atomic E-state index is 14.2. The van der Waals surface area contributed by atoms with Crippen LogP contribution in [0.25, 0.3) is 0 Å². The summed E-state index contributed by atoms with van der Waals surface area (Å²) in [4.78, 5) is 29.3. The summed E-state index contributed by atoms with van der Waals surface area (Å²) < 4.78 is 28.9. The van der Waals surface area contributed by atoms with Gasteiger partial charge in [0.25, 0.3) is 10.0 Å². The van der Waals surface area contributed by atoms with Gasteiger partial charge < -0.3 is 10.2 Å². The Morgan fingerprint density at radius 2 is 1.59 bits per heavy atom. The number of benzene rings is 3. The van der Waals surface area contributed by atoms with Gasteiger partial charge in [-0.25, -0.2) is 8.42 Å². The van der Waals surface area contributed by atoms with E-state index in [0.717, 1.165) is 47.5 Å². The number of aryl methyl sites for hydroxylation is 1. The Balaban J connectivity index is 1.70. The van der Waals surface area contributed by atoms with Crippen molar-refractivity contribution in [2.24, 2.45) is 0 Å². The van der Waals surface area contributed by atoms with Gasteiger partial charge in [0.1, 0.15) is 12.6 Å². The summed E-state index contributed by atoms with van der Waals surface area (Å²) in [5, 5.41) is 3.56. The van der Waals surface area contributed by atoms with Crippen LogP contribution in [0.4, 0.5) is 5.69 Å². The second-order valence-electron chi connectivity index (χ2n) is 10.5. The van der Waals surface area contributed by atoms with Crippen molar-refractivity contribution in [3.05, 3.63) is 95.0 Å². The van der Waals surface area contributed by atoms with Crippen molar-refractivity contribution in [1.82, 2.24) is 10.2 Å². The largest absolute Gasteiger partial charge is 0.352 e. The quantitative estimate of drug-likeness (QED) is 0.290. The Hall–Kier alpha value is -3.36. The van der Waals surface area contributed by atoms with E-state index >= 15 is 0 Å². The number of sulfonamides is 1. The first-order valence-electron chi connectivity index (χ1n) is 14.2. The van der Waals surface area contributed by atoms with E-state index in [1.54, 1.807) is 36.4 Å². The van der Waals surface area contributed by atoms with Crippen LogP contribution in [0.1, 0.15) is 56.6 Å². The predicted octanol–water partition coefficient (Wildman–Crippen LogP) is 6.10. The molecule has 0 bridgehead atoms. The van der Waals surface area contributed by atoms with Crippen LogP contribution in [-0.2, 0) is 26.2 Å². The highest BCUT2D eigenvalue weighted by atomic mass is 35.5. The molecular formula is C32H38ClN3O4S. The van der Waals surface area contributed by atoms with Gasteiger partial charge >= 0.3 is 0 Å². The van der Waals surface area contributed by atoms with E-state index in [1.807, 2.05) is 44.2 Å². The Morgan fingerprint density at radius 3 is 2.20 bits per heavy atom. The molecule has 1 saturated carbocycles. The Bertz CT molecular complexity index is 1430. The van der Waals surface area contributed by atoms with Crippen LogP contribution >= 0.6 is 11.6 Å². The topological polar surface area (TPSA) is 86.8 Å². The molecule has 0 aliphatic heterocycles. The van der Waals surface area contributed by atoms with Crippen LogP contribution in [0.2, 0.25) is 5.02 Å². The minimum Gasteiger partial charge on any atom is -0.352 e. The number of anilines is 1. The number of nitrogens with zero attached hydrogens (tertiary/aromatic N) is 2. The van der Waals surface area contributed by atoms with Crippen LogP contribution in [0.3, 0.4) is 0 Å². The van der Waals surface area contributed by atoms with E-state index in [4.69, 9.17) is 11.6 Å². The summed E-state index contributed by atoms with van der Waals surface area (Å²) in [6, 6.07) is 21.7. The number of carbonyl (C=O) groups excluding carboxylic acids is 2. The van der Waals surface area contributed by atoms with Gasteiger partial charge in [-0.2, -0.15) is 0 Å². The Labute approximate surface area is 248 Å². The van der Waals surface area contributed by atoms with Crippen LogP contribution in [-0.4, -0.2) is 43.8 Å². The zero-order chi connectivity index (χ0) is 29.4. The van der Waals surface area contributed by atoms with Crippen molar-refractivity contribution >= 4 is 39.1 Å². The molecule has 41 heavy (non-hydrogen) atoms. The monoisotopic (exact) mass is 595 g/mol. The average Bonchev–Trinajstić information content (AvgIpc) is 2.98. The minimum atomic E-state index is -4.13. The second kappa shape index (κ2) is 14.0. The number of hydrogen-bond donors (Lipinski definition) is 1. The molecular weight excluding hydrogens is 558 g/mol. The zero-order valence-electron chi connectivity index (χ0n) is 23.6. The lowest BCUT2D eigenvalue weighted by Gasteiger charge is -2.34. The normalized spacial score (nSPS) is 14.7. The van der Waals surface area contributed by atoms with Crippen molar-refractivity contribution in [2.75, 3.05) is 10.8 Å². The van der Waals surface area contributed by atoms with Crippen LogP contribution in [0.5, 0.6) is 0 Å². The molecule has 2 amide bonds. The lowest BCUT2D eigenvalue weighted by Crippen LogP contribution is -2.54. The van der Waals surface area contributed by atoms with Crippen molar-refractivity contribution in [3.8, 4) is 0 Å². The summed E-state index contributed by atoms with van der Waals surface area (Å²) in [5.74, 6) is -0.685. The molecule has 1 aliphatic rings. The molecule has 1 atom stereocenters. The lowest BCUT2D eigenvalue weighted by molar-refractivity contribution is -0.140. The number of amides is 2. The van der Waals surface area contributed by atoms with E-state index in [9.17, 15) is 18.0 Å². The number of carbonyl (C=O) groups is 2. The summed E-state index contributed by atoms with van der Waals surface area (Å²) in [5.41, 5.74) is 1.91. The zero-order valence-corrected chi connectivity index (χ0v) is 25.2. The van der Waals surface area contributed by atoms with E-state index in [0.29, 0.717) is 11.4 Å². The molecule has 0 unspecified atom stereocenters. The van der Waals surface area contributed by atoms with Crippen LogP contribution < -0.4 is 9.62 Å². The van der Waals surface area contributed by atoms with Crippen molar-refractivity contribution in [1.29, 1.82) is 0 Å². The van der Waals surface area contributed by atoms with Gasteiger partial charge in [0.15, 0.2) is 0 Å². The molecule has 218 valence electrons. The smallest absolute Gasteiger partial charge is 0.264 e. The first kappa shape index (κ1) is 30.6. The van der Waals surface area contributed by atoms with E-state index in [1.165, 1.54) is 17.0 Å². The highest BCUT2D eigenvalue weighted by Crippen LogP contribution is 2.29. The van der Waals surface area contributed by atoms with Crippen molar-refractivity contribution in [2.45, 2.75) is 75.9 Å². The van der Waals surface area contributed by atoms with Gasteiger partial charge in [-0.1, -0.05) is 92.4 Å². The summed E-state index contributed by atoms with van der Waals surface area (Å²) in [7, 11) is -4.13. The molecule has 4 rings (SSSR count). The first-order chi connectivity index (χ1) is 19.7. The molecule has 0 aromatic heterocycles. The number of nitrogens with one attached hydrogen (secondary N) is 1. The van der Waals surface area contributed by atoms with Crippen molar-refractivity contribution in [3.63, 3.8) is 0 Å². The van der Waals surface area contributed by atoms with Crippen LogP contribution in [0, 0.1) is 6.92 Å². The average molecular weight is 596 g/mol. The fraction of sp³-hybridized carbons (Fsp3) is 0.375. The molecule has 0 spiro atoms. The molecule has 1 fully saturated rings. The fourth-order valence-electron chi connectivity index (χ4n) is 5.23. The molecule has 3 aromatic carbocycles. The molecule has 0 heterocycles. The predicted molar refractivity (Wildman–Crippen MR) is 163 cm³/mol. The summed E-state index contributed by atoms with van der Waals surface area (Å²) in [6.45, 7) is 3.38. The SMILES string of the molecule is CC[C@@H](C(=O)NC1CCCCC1)N(Cc1ccccc1)C(=O)CN(c1ccc(C)c(Cl)c1)S(=O)(=O)c1ccccc1. The maximum atomic E-state index is 14.2. The van der Waals surface area contributed by atoms with Crippen LogP contribution in [0.15, 0.2) is 83.8 Å². The van der Waals surface area contributed by atoms with E-state index < -0.39 is 28.5 Å². The lowest BCUT2D eigenvalue weighted by atomic mass is 9.95. The number of hydrogen-bond acceptors (Lipinski definition) is 4. The minimum absolute atomic E-state index is 0.0567. The van der Waals surface area contributed by atoms with Gasteiger partial charge in [0.2, 0.25) is 11.8 Å². The van der Waals surface area contributed by atoms with Gasteiger partial charge in [-0.15, -0.1) is 0 Å². The molecule has 1 N–H and O–H groups in total. The molecule has 0 saturated heterocycles. The molecule has 9 heteroatoms. The third kappa shape index (κ3) is 7.68.